The standard InChI is InChI=1S/C18H17NO5/c1-3-23-18(22)19-15-8-4-14(5-9-15)17(21)24-16-10-6-13(7-11-16)12(2)20/h4-11H,3H2,1-2H3,(H,19,22). The van der Waals surface area contributed by atoms with Gasteiger partial charge in [0.25, 0.3) is 0 Å². The summed E-state index contributed by atoms with van der Waals surface area (Å²) in [4.78, 5) is 34.6. The lowest BCUT2D eigenvalue weighted by molar-refractivity contribution is 0.0734. The number of ketones is 1. The Hall–Kier alpha value is -3.15. The van der Waals surface area contributed by atoms with E-state index in [1.54, 1.807) is 43.3 Å². The maximum Gasteiger partial charge on any atom is 0.411 e. The summed E-state index contributed by atoms with van der Waals surface area (Å²) in [7, 11) is 0. The third-order valence-electron chi connectivity index (χ3n) is 3.11. The maximum atomic E-state index is 12.1. The van der Waals surface area contributed by atoms with Crippen LogP contribution in [0.4, 0.5) is 10.5 Å². The molecule has 0 radical (unpaired) electrons. The van der Waals surface area contributed by atoms with E-state index in [0.717, 1.165) is 0 Å². The number of hydrogen-bond donors (Lipinski definition) is 1. The van der Waals surface area contributed by atoms with Crippen LogP contribution >= 0.6 is 0 Å². The second kappa shape index (κ2) is 7.92. The van der Waals surface area contributed by atoms with Crippen molar-refractivity contribution >= 4 is 23.5 Å². The number of esters is 1. The number of nitrogens with one attached hydrogen (secondary N) is 1. The summed E-state index contributed by atoms with van der Waals surface area (Å²) in [5.41, 5.74) is 1.39. The van der Waals surface area contributed by atoms with Crippen molar-refractivity contribution in [1.82, 2.24) is 0 Å². The fourth-order valence-electron chi connectivity index (χ4n) is 1.90. The van der Waals surface area contributed by atoms with E-state index in [2.05, 4.69) is 5.32 Å². The Morgan fingerprint density at radius 1 is 0.917 bits per heavy atom. The van der Waals surface area contributed by atoms with Gasteiger partial charge in [-0.1, -0.05) is 0 Å². The van der Waals surface area contributed by atoms with E-state index in [1.807, 2.05) is 0 Å². The van der Waals surface area contributed by atoms with Gasteiger partial charge in [0.15, 0.2) is 5.78 Å². The molecule has 0 aliphatic carbocycles. The van der Waals surface area contributed by atoms with E-state index in [0.29, 0.717) is 22.6 Å². The van der Waals surface area contributed by atoms with Crippen molar-refractivity contribution in [3.63, 3.8) is 0 Å². The molecule has 0 saturated heterocycles. The molecule has 0 aromatic heterocycles. The highest BCUT2D eigenvalue weighted by molar-refractivity contribution is 5.95. The molecule has 0 fully saturated rings. The van der Waals surface area contributed by atoms with Gasteiger partial charge in [-0.25, -0.2) is 9.59 Å². The minimum Gasteiger partial charge on any atom is -0.450 e. The molecule has 0 atom stereocenters. The summed E-state index contributed by atoms with van der Waals surface area (Å²) in [6.45, 7) is 3.45. The van der Waals surface area contributed by atoms with Crippen LogP contribution in [0, 0.1) is 0 Å². The Kier molecular flexibility index (Phi) is 5.68. The molecule has 1 N–H and O–H groups in total. The number of ether oxygens (including phenoxy) is 2. The lowest BCUT2D eigenvalue weighted by Crippen LogP contribution is -2.13. The van der Waals surface area contributed by atoms with Crippen LogP contribution in [0.2, 0.25) is 0 Å². The van der Waals surface area contributed by atoms with Crippen LogP contribution in [0.15, 0.2) is 48.5 Å². The van der Waals surface area contributed by atoms with Crippen molar-refractivity contribution in [3.05, 3.63) is 59.7 Å². The van der Waals surface area contributed by atoms with Crippen molar-refractivity contribution in [1.29, 1.82) is 0 Å². The highest BCUT2D eigenvalue weighted by atomic mass is 16.5. The lowest BCUT2D eigenvalue weighted by Gasteiger charge is -2.07. The van der Waals surface area contributed by atoms with E-state index in [1.165, 1.54) is 19.1 Å². The topological polar surface area (TPSA) is 81.7 Å². The highest BCUT2D eigenvalue weighted by Crippen LogP contribution is 2.16. The molecule has 6 nitrogen and oxygen atoms in total. The molecule has 24 heavy (non-hydrogen) atoms. The monoisotopic (exact) mass is 327 g/mol. The third kappa shape index (κ3) is 4.67. The number of rotatable bonds is 5. The first-order valence-electron chi connectivity index (χ1n) is 7.36. The molecule has 6 heteroatoms. The van der Waals surface area contributed by atoms with E-state index in [9.17, 15) is 14.4 Å². The fraction of sp³-hybridized carbons (Fsp3) is 0.167. The molecular formula is C18H17NO5. The van der Waals surface area contributed by atoms with Crippen LogP contribution in [-0.2, 0) is 4.74 Å². The van der Waals surface area contributed by atoms with Gasteiger partial charge in [-0.3, -0.25) is 10.1 Å². The molecule has 1 amide bonds. The summed E-state index contributed by atoms with van der Waals surface area (Å²) in [5, 5.41) is 2.53. The number of amides is 1. The van der Waals surface area contributed by atoms with Gasteiger partial charge in [0.05, 0.1) is 12.2 Å². The van der Waals surface area contributed by atoms with Crippen molar-refractivity contribution in [2.24, 2.45) is 0 Å². The van der Waals surface area contributed by atoms with E-state index in [4.69, 9.17) is 9.47 Å². The van der Waals surface area contributed by atoms with Crippen LogP contribution in [0.25, 0.3) is 0 Å². The van der Waals surface area contributed by atoms with E-state index < -0.39 is 12.1 Å². The number of hydrogen-bond acceptors (Lipinski definition) is 5. The Morgan fingerprint density at radius 2 is 1.50 bits per heavy atom. The zero-order chi connectivity index (χ0) is 17.5. The zero-order valence-corrected chi connectivity index (χ0v) is 13.4. The number of anilines is 1. The number of Topliss-reactive ketones (excluding diaryl/α,β-unsaturated/α-hetero) is 1. The molecule has 2 aromatic rings. The van der Waals surface area contributed by atoms with Gasteiger partial charge in [-0.2, -0.15) is 0 Å². The van der Waals surface area contributed by atoms with Crippen LogP contribution in [0.3, 0.4) is 0 Å². The summed E-state index contributed by atoms with van der Waals surface area (Å²) in [5.74, 6) is -0.246. The Labute approximate surface area is 139 Å². The Morgan fingerprint density at radius 3 is 2.04 bits per heavy atom. The average Bonchev–Trinajstić information content (AvgIpc) is 2.56. The molecular weight excluding hydrogens is 310 g/mol. The van der Waals surface area contributed by atoms with Gasteiger partial charge in [0.1, 0.15) is 5.75 Å². The fourth-order valence-corrected chi connectivity index (χ4v) is 1.90. The highest BCUT2D eigenvalue weighted by Gasteiger charge is 2.10. The lowest BCUT2D eigenvalue weighted by atomic mass is 10.1. The third-order valence-corrected chi connectivity index (χ3v) is 3.11. The second-order valence-electron chi connectivity index (χ2n) is 4.89. The van der Waals surface area contributed by atoms with Crippen LogP contribution < -0.4 is 10.1 Å². The summed E-state index contributed by atoms with van der Waals surface area (Å²) >= 11 is 0. The quantitative estimate of drug-likeness (QED) is 0.515. The van der Waals surface area contributed by atoms with Gasteiger partial charge >= 0.3 is 12.1 Å². The normalized spacial score (nSPS) is 9.92. The largest absolute Gasteiger partial charge is 0.450 e. The predicted molar refractivity (Wildman–Crippen MR) is 88.5 cm³/mol. The van der Waals surface area contributed by atoms with Gasteiger partial charge in [0.2, 0.25) is 0 Å². The first kappa shape index (κ1) is 17.2. The molecule has 0 aliphatic heterocycles. The molecule has 2 aromatic carbocycles. The summed E-state index contributed by atoms with van der Waals surface area (Å²) < 4.78 is 10.00. The molecule has 0 aliphatic rings. The van der Waals surface area contributed by atoms with Gasteiger partial charge in [-0.05, 0) is 62.4 Å². The van der Waals surface area contributed by atoms with Crippen molar-refractivity contribution in [2.75, 3.05) is 11.9 Å². The smallest absolute Gasteiger partial charge is 0.411 e. The first-order chi connectivity index (χ1) is 11.5. The van der Waals surface area contributed by atoms with Crippen LogP contribution in [0.1, 0.15) is 34.6 Å². The Balaban J connectivity index is 1.99. The molecule has 0 saturated carbocycles. The zero-order valence-electron chi connectivity index (χ0n) is 13.4. The number of benzene rings is 2. The molecule has 0 bridgehead atoms. The van der Waals surface area contributed by atoms with Crippen molar-refractivity contribution in [3.8, 4) is 5.75 Å². The Bertz CT molecular complexity index is 735. The molecule has 0 unspecified atom stereocenters. The maximum absolute atomic E-state index is 12.1. The molecule has 124 valence electrons. The van der Waals surface area contributed by atoms with Crippen molar-refractivity contribution in [2.45, 2.75) is 13.8 Å². The van der Waals surface area contributed by atoms with Gasteiger partial charge in [0, 0.05) is 11.3 Å². The van der Waals surface area contributed by atoms with E-state index in [-0.39, 0.29) is 12.4 Å². The molecule has 0 heterocycles. The second-order valence-corrected chi connectivity index (χ2v) is 4.89. The molecule has 0 spiro atoms. The average molecular weight is 327 g/mol. The van der Waals surface area contributed by atoms with Crippen LogP contribution in [0.5, 0.6) is 5.75 Å². The molecule has 2 rings (SSSR count). The van der Waals surface area contributed by atoms with Crippen molar-refractivity contribution < 1.29 is 23.9 Å². The summed E-state index contributed by atoms with van der Waals surface area (Å²) in [6, 6.07) is 12.5. The summed E-state index contributed by atoms with van der Waals surface area (Å²) in [6.07, 6.45) is -0.557. The van der Waals surface area contributed by atoms with Gasteiger partial charge < -0.3 is 9.47 Å². The number of carbonyl (C=O) groups is 3. The van der Waals surface area contributed by atoms with E-state index >= 15 is 0 Å². The predicted octanol–water partition coefficient (Wildman–Crippen LogP) is 3.68. The SMILES string of the molecule is CCOC(=O)Nc1ccc(C(=O)Oc2ccc(C(C)=O)cc2)cc1. The number of carbonyl (C=O) groups excluding carboxylic acids is 3. The first-order valence-corrected chi connectivity index (χ1v) is 7.36. The minimum absolute atomic E-state index is 0.0578. The minimum atomic E-state index is -0.557. The van der Waals surface area contributed by atoms with Gasteiger partial charge in [-0.15, -0.1) is 0 Å². The van der Waals surface area contributed by atoms with Crippen LogP contribution in [-0.4, -0.2) is 24.5 Å².